The van der Waals surface area contributed by atoms with Gasteiger partial charge in [0.25, 0.3) is 0 Å². The van der Waals surface area contributed by atoms with Crippen LogP contribution in [0.4, 0.5) is 45.5 Å². The summed E-state index contributed by atoms with van der Waals surface area (Å²) in [4.78, 5) is 0. The van der Waals surface area contributed by atoms with E-state index < -0.39 is 0 Å². The average molecular weight is 716 g/mol. The summed E-state index contributed by atoms with van der Waals surface area (Å²) >= 11 is 0. The molecule has 0 radical (unpaired) electrons. The molecule has 4 aromatic rings. The summed E-state index contributed by atoms with van der Waals surface area (Å²) in [6, 6.07) is 14.7. The molecule has 0 amide bonds. The van der Waals surface area contributed by atoms with Gasteiger partial charge in [0.05, 0.1) is 45.5 Å². The van der Waals surface area contributed by atoms with Crippen molar-refractivity contribution in [3.05, 3.63) is 48.5 Å². The number of rotatable bonds is 0. The van der Waals surface area contributed by atoms with Gasteiger partial charge in [-0.25, -0.2) is 0 Å². The second kappa shape index (κ2) is 16.1. The fourth-order valence-corrected chi connectivity index (χ4v) is 4.32. The lowest BCUT2D eigenvalue weighted by Crippen LogP contribution is -2.06. The highest BCUT2D eigenvalue weighted by molar-refractivity contribution is 6.08. The minimum absolute atomic E-state index is 0. The van der Waals surface area contributed by atoms with Gasteiger partial charge in [-0.3, -0.25) is 0 Å². The summed E-state index contributed by atoms with van der Waals surface area (Å²) in [5, 5.41) is 0. The Kier molecular flexibility index (Phi) is 18.0. The van der Waals surface area contributed by atoms with Gasteiger partial charge >= 0.3 is 0 Å². The van der Waals surface area contributed by atoms with Crippen molar-refractivity contribution in [3.8, 4) is 44.5 Å². The highest BCUT2D eigenvalue weighted by atomic mass is 35.5. The molecule has 1 aliphatic rings. The lowest BCUT2D eigenvalue weighted by atomic mass is 9.79. The number of benzene rings is 4. The second-order valence-electron chi connectivity index (χ2n) is 8.11. The Morgan fingerprint density at radius 1 is 0.200 bits per heavy atom. The van der Waals surface area contributed by atoms with Gasteiger partial charge in [0, 0.05) is 0 Å². The van der Waals surface area contributed by atoms with Crippen molar-refractivity contribution < 1.29 is 0 Å². The minimum Gasteiger partial charge on any atom is -0.397 e. The van der Waals surface area contributed by atoms with Crippen LogP contribution in [0.25, 0.3) is 44.5 Å². The number of nitrogens with two attached hydrogens (primary N) is 8. The normalized spacial score (nSPS) is 9.20. The van der Waals surface area contributed by atoms with E-state index in [0.717, 1.165) is 44.5 Å². The Bertz CT molecular complexity index is 1130. The maximum Gasteiger partial charge on any atom is 0.0554 e. The SMILES string of the molecule is Cl.Cl.Cl.Cl.Cl.Cl.Cl.Cl.Nc1cc2c(cc1N)-c1cc(N)c(N)cc1-c1cc(N)c(N)cc1-c1cc(N)c(N)cc1-2. The Morgan fingerprint density at radius 3 is 0.350 bits per heavy atom. The molecule has 16 N–H and O–H groups in total. The highest BCUT2D eigenvalue weighted by Gasteiger charge is 2.25. The Labute approximate surface area is 282 Å². The summed E-state index contributed by atoms with van der Waals surface area (Å²) in [6.45, 7) is 0. The summed E-state index contributed by atoms with van der Waals surface area (Å²) < 4.78 is 0. The zero-order valence-electron chi connectivity index (χ0n) is 20.5. The first-order valence-corrected chi connectivity index (χ1v) is 9.93. The molecule has 224 valence electrons. The zero-order chi connectivity index (χ0) is 22.9. The monoisotopic (exact) mass is 712 g/mol. The van der Waals surface area contributed by atoms with Gasteiger partial charge in [-0.15, -0.1) is 99.3 Å². The van der Waals surface area contributed by atoms with Crippen molar-refractivity contribution in [3.63, 3.8) is 0 Å². The van der Waals surface area contributed by atoms with Crippen LogP contribution in [0.15, 0.2) is 48.5 Å². The maximum absolute atomic E-state index is 6.21. The molecule has 0 aromatic heterocycles. The molecule has 0 aliphatic heterocycles. The van der Waals surface area contributed by atoms with E-state index in [4.69, 9.17) is 45.9 Å². The molecule has 5 rings (SSSR count). The summed E-state index contributed by atoms with van der Waals surface area (Å²) in [6.07, 6.45) is 0. The molecular weight excluding hydrogens is 684 g/mol. The molecule has 0 bridgehead atoms. The van der Waals surface area contributed by atoms with E-state index >= 15 is 0 Å². The van der Waals surface area contributed by atoms with E-state index in [1.807, 2.05) is 48.5 Å². The molecule has 0 saturated heterocycles. The van der Waals surface area contributed by atoms with Crippen LogP contribution in [0.1, 0.15) is 0 Å². The summed E-state index contributed by atoms with van der Waals surface area (Å²) in [7, 11) is 0. The van der Waals surface area contributed by atoms with Crippen LogP contribution in [0.2, 0.25) is 0 Å². The first-order valence-electron chi connectivity index (χ1n) is 9.93. The molecule has 0 atom stereocenters. The predicted octanol–water partition coefficient (Wildman–Crippen LogP) is 6.70. The molecule has 0 fully saturated rings. The van der Waals surface area contributed by atoms with Crippen LogP contribution in [-0.2, 0) is 0 Å². The van der Waals surface area contributed by atoms with Crippen molar-refractivity contribution in [2.24, 2.45) is 0 Å². The first kappa shape index (κ1) is 44.6. The predicted molar refractivity (Wildman–Crippen MR) is 195 cm³/mol. The van der Waals surface area contributed by atoms with E-state index in [-0.39, 0.29) is 99.3 Å². The second-order valence-corrected chi connectivity index (χ2v) is 8.11. The number of fused-ring (bicyclic) bond motifs is 8. The largest absolute Gasteiger partial charge is 0.397 e. The standard InChI is InChI=1S/C24H24N8.8ClH/c25-17-1-9-10(2-18(17)26)12-4-21(29)22(30)6-14(12)16-8-24(32)23(31)7-15(16)13-5-20(28)19(27)3-11(9)13;;;;;;;;/h1-8H,25-32H2;8*1H. The van der Waals surface area contributed by atoms with Crippen LogP contribution >= 0.6 is 99.3 Å². The van der Waals surface area contributed by atoms with Crippen LogP contribution < -0.4 is 45.9 Å². The van der Waals surface area contributed by atoms with Gasteiger partial charge in [-0.1, -0.05) is 0 Å². The lowest BCUT2D eigenvalue weighted by molar-refractivity contribution is 1.51. The van der Waals surface area contributed by atoms with E-state index in [1.54, 1.807) is 0 Å². The number of hydrogen-bond donors (Lipinski definition) is 8. The van der Waals surface area contributed by atoms with Gasteiger partial charge in [0.15, 0.2) is 0 Å². The fraction of sp³-hybridized carbons (Fsp3) is 0. The Balaban J connectivity index is -0.000000810. The molecule has 4 aromatic carbocycles. The van der Waals surface area contributed by atoms with Gasteiger partial charge in [-0.2, -0.15) is 0 Å². The lowest BCUT2D eigenvalue weighted by Gasteiger charge is -2.26. The zero-order valence-corrected chi connectivity index (χ0v) is 27.0. The third kappa shape index (κ3) is 7.08. The van der Waals surface area contributed by atoms with Gasteiger partial charge in [0.1, 0.15) is 0 Å². The van der Waals surface area contributed by atoms with Crippen molar-refractivity contribution >= 4 is 145 Å². The van der Waals surface area contributed by atoms with E-state index in [1.165, 1.54) is 0 Å². The topological polar surface area (TPSA) is 208 Å². The van der Waals surface area contributed by atoms with Gasteiger partial charge in [-0.05, 0) is 93.0 Å². The quantitative estimate of drug-likeness (QED) is 0.0807. The molecule has 0 spiro atoms. The van der Waals surface area contributed by atoms with Crippen molar-refractivity contribution in [1.82, 2.24) is 0 Å². The van der Waals surface area contributed by atoms with Crippen LogP contribution in [0, 0.1) is 0 Å². The molecule has 8 nitrogen and oxygen atoms in total. The molecule has 0 unspecified atom stereocenters. The average Bonchev–Trinajstić information content (AvgIpc) is 2.74. The smallest absolute Gasteiger partial charge is 0.0554 e. The third-order valence-corrected chi connectivity index (χ3v) is 6.05. The molecule has 1 aliphatic carbocycles. The van der Waals surface area contributed by atoms with Gasteiger partial charge < -0.3 is 45.9 Å². The van der Waals surface area contributed by atoms with Crippen molar-refractivity contribution in [2.75, 3.05) is 45.9 Å². The van der Waals surface area contributed by atoms with E-state index in [2.05, 4.69) is 0 Å². The number of anilines is 8. The summed E-state index contributed by atoms with van der Waals surface area (Å²) in [5.74, 6) is 0. The first-order chi connectivity index (χ1) is 15.2. The van der Waals surface area contributed by atoms with Crippen LogP contribution in [-0.4, -0.2) is 0 Å². The third-order valence-electron chi connectivity index (χ3n) is 6.05. The van der Waals surface area contributed by atoms with E-state index in [0.29, 0.717) is 45.5 Å². The molecule has 16 heteroatoms. The minimum atomic E-state index is 0. The number of nitrogen functional groups attached to an aromatic ring is 8. The number of hydrogen-bond acceptors (Lipinski definition) is 8. The van der Waals surface area contributed by atoms with E-state index in [9.17, 15) is 0 Å². The molecule has 40 heavy (non-hydrogen) atoms. The Morgan fingerprint density at radius 2 is 0.275 bits per heavy atom. The van der Waals surface area contributed by atoms with Gasteiger partial charge in [0.2, 0.25) is 0 Å². The highest BCUT2D eigenvalue weighted by Crippen LogP contribution is 2.52. The summed E-state index contributed by atoms with van der Waals surface area (Å²) in [5.41, 5.74) is 60.0. The number of halogens is 8. The molecule has 0 heterocycles. The van der Waals surface area contributed by atoms with Crippen molar-refractivity contribution in [2.45, 2.75) is 0 Å². The maximum atomic E-state index is 6.21. The van der Waals surface area contributed by atoms with Crippen molar-refractivity contribution in [1.29, 1.82) is 0 Å². The van der Waals surface area contributed by atoms with Crippen LogP contribution in [0.3, 0.4) is 0 Å². The fourth-order valence-electron chi connectivity index (χ4n) is 4.32. The molecule has 0 saturated carbocycles. The van der Waals surface area contributed by atoms with Crippen LogP contribution in [0.5, 0.6) is 0 Å². The molecular formula is C24H32Cl8N8. The Hall–Kier alpha value is -2.40.